The summed E-state index contributed by atoms with van der Waals surface area (Å²) >= 11 is 0. The standard InChI is InChI=1S/C18H26N2O3/c1-3-13(2)15(18(22)23)19-17(21)16(20-11-7-8-12-20)14-9-5-4-6-10-14/h4-6,9-10,13,15-16H,3,7-8,11-12H2,1-2H3,(H,19,21)(H,22,23). The molecule has 1 amide bonds. The van der Waals surface area contributed by atoms with Gasteiger partial charge in [-0.3, -0.25) is 9.69 Å². The van der Waals surface area contributed by atoms with Gasteiger partial charge in [-0.25, -0.2) is 4.79 Å². The van der Waals surface area contributed by atoms with Crippen LogP contribution in [0.25, 0.3) is 0 Å². The number of nitrogens with zero attached hydrogens (tertiary/aromatic N) is 1. The molecule has 0 radical (unpaired) electrons. The zero-order valence-corrected chi connectivity index (χ0v) is 13.9. The van der Waals surface area contributed by atoms with Gasteiger partial charge >= 0.3 is 5.97 Å². The first-order valence-electron chi connectivity index (χ1n) is 8.36. The summed E-state index contributed by atoms with van der Waals surface area (Å²) in [6.07, 6.45) is 2.85. The number of rotatable bonds is 7. The molecule has 0 aliphatic carbocycles. The third-order valence-electron chi connectivity index (χ3n) is 4.65. The molecule has 3 atom stereocenters. The van der Waals surface area contributed by atoms with Crippen LogP contribution in [0, 0.1) is 5.92 Å². The van der Waals surface area contributed by atoms with E-state index < -0.39 is 18.1 Å². The number of likely N-dealkylation sites (tertiary alicyclic amines) is 1. The quantitative estimate of drug-likeness (QED) is 0.810. The number of carboxylic acids is 1. The zero-order valence-electron chi connectivity index (χ0n) is 13.9. The van der Waals surface area contributed by atoms with E-state index in [2.05, 4.69) is 10.2 Å². The van der Waals surface area contributed by atoms with Crippen molar-refractivity contribution in [3.8, 4) is 0 Å². The first-order chi connectivity index (χ1) is 11.0. The Labute approximate surface area is 137 Å². The molecular weight excluding hydrogens is 292 g/mol. The van der Waals surface area contributed by atoms with Crippen molar-refractivity contribution in [3.05, 3.63) is 35.9 Å². The topological polar surface area (TPSA) is 69.6 Å². The molecule has 2 N–H and O–H groups in total. The second kappa shape index (κ2) is 8.11. The van der Waals surface area contributed by atoms with Gasteiger partial charge < -0.3 is 10.4 Å². The molecule has 3 unspecified atom stereocenters. The number of aliphatic carboxylic acids is 1. The second-order valence-electron chi connectivity index (χ2n) is 6.27. The fourth-order valence-electron chi connectivity index (χ4n) is 3.08. The third kappa shape index (κ3) is 4.32. The molecule has 1 aromatic carbocycles. The van der Waals surface area contributed by atoms with E-state index in [1.165, 1.54) is 0 Å². The molecule has 0 spiro atoms. The fourth-order valence-corrected chi connectivity index (χ4v) is 3.08. The van der Waals surface area contributed by atoms with Crippen LogP contribution in [0.3, 0.4) is 0 Å². The highest BCUT2D eigenvalue weighted by Gasteiger charge is 2.33. The second-order valence-corrected chi connectivity index (χ2v) is 6.27. The van der Waals surface area contributed by atoms with Gasteiger partial charge in [0.15, 0.2) is 0 Å². The molecule has 1 saturated heterocycles. The summed E-state index contributed by atoms with van der Waals surface area (Å²) in [7, 11) is 0. The van der Waals surface area contributed by atoms with E-state index in [0.29, 0.717) is 6.42 Å². The Morgan fingerprint density at radius 2 is 1.83 bits per heavy atom. The number of nitrogens with one attached hydrogen (secondary N) is 1. The molecule has 2 rings (SSSR count). The zero-order chi connectivity index (χ0) is 16.8. The summed E-state index contributed by atoms with van der Waals surface area (Å²) < 4.78 is 0. The Kier molecular flexibility index (Phi) is 6.16. The SMILES string of the molecule is CCC(C)C(NC(=O)C(c1ccccc1)N1CCCC1)C(=O)O. The van der Waals surface area contributed by atoms with Crippen molar-refractivity contribution in [3.63, 3.8) is 0 Å². The molecule has 5 nitrogen and oxygen atoms in total. The molecule has 23 heavy (non-hydrogen) atoms. The Morgan fingerprint density at radius 3 is 2.35 bits per heavy atom. The number of benzene rings is 1. The Bertz CT molecular complexity index is 526. The summed E-state index contributed by atoms with van der Waals surface area (Å²) in [6, 6.07) is 8.35. The van der Waals surface area contributed by atoms with Crippen molar-refractivity contribution in [2.75, 3.05) is 13.1 Å². The van der Waals surface area contributed by atoms with Crippen molar-refractivity contribution in [2.45, 2.75) is 45.2 Å². The maximum atomic E-state index is 12.8. The van der Waals surface area contributed by atoms with Crippen LogP contribution in [0.1, 0.15) is 44.7 Å². The molecule has 1 heterocycles. The molecule has 1 aromatic rings. The summed E-state index contributed by atoms with van der Waals surface area (Å²) in [6.45, 7) is 5.52. The Hall–Kier alpha value is -1.88. The van der Waals surface area contributed by atoms with Crippen LogP contribution in [0.4, 0.5) is 0 Å². The van der Waals surface area contributed by atoms with Crippen LogP contribution in [-0.2, 0) is 9.59 Å². The van der Waals surface area contributed by atoms with E-state index >= 15 is 0 Å². The van der Waals surface area contributed by atoms with E-state index in [9.17, 15) is 14.7 Å². The Morgan fingerprint density at radius 1 is 1.22 bits per heavy atom. The minimum atomic E-state index is -0.971. The lowest BCUT2D eigenvalue weighted by Crippen LogP contribution is -2.49. The maximum absolute atomic E-state index is 12.8. The van der Waals surface area contributed by atoms with Crippen molar-refractivity contribution < 1.29 is 14.7 Å². The summed E-state index contributed by atoms with van der Waals surface area (Å²) in [5.74, 6) is -1.29. The van der Waals surface area contributed by atoms with Gasteiger partial charge in [0.25, 0.3) is 0 Å². The van der Waals surface area contributed by atoms with Gasteiger partial charge in [0.2, 0.25) is 5.91 Å². The number of carboxylic acid groups (broad SMARTS) is 1. The van der Waals surface area contributed by atoms with Crippen LogP contribution in [-0.4, -0.2) is 41.0 Å². The van der Waals surface area contributed by atoms with Crippen molar-refractivity contribution in [1.82, 2.24) is 10.2 Å². The molecule has 1 aliphatic heterocycles. The van der Waals surface area contributed by atoms with Gasteiger partial charge in [0.05, 0.1) is 0 Å². The van der Waals surface area contributed by atoms with Crippen LogP contribution in [0.15, 0.2) is 30.3 Å². The van der Waals surface area contributed by atoms with Gasteiger partial charge in [0, 0.05) is 0 Å². The molecule has 0 saturated carbocycles. The minimum absolute atomic E-state index is 0.105. The normalized spacial score (nSPS) is 19.0. The third-order valence-corrected chi connectivity index (χ3v) is 4.65. The number of carbonyl (C=O) groups is 2. The number of amides is 1. The van der Waals surface area contributed by atoms with E-state index in [1.807, 2.05) is 44.2 Å². The highest BCUT2D eigenvalue weighted by Crippen LogP contribution is 2.25. The average molecular weight is 318 g/mol. The molecule has 126 valence electrons. The smallest absolute Gasteiger partial charge is 0.326 e. The molecule has 5 heteroatoms. The lowest BCUT2D eigenvalue weighted by atomic mass is 9.97. The summed E-state index contributed by atoms with van der Waals surface area (Å²) in [4.78, 5) is 26.5. The van der Waals surface area contributed by atoms with Gasteiger partial charge in [-0.15, -0.1) is 0 Å². The largest absolute Gasteiger partial charge is 0.480 e. The molecule has 0 bridgehead atoms. The van der Waals surface area contributed by atoms with Crippen molar-refractivity contribution in [2.24, 2.45) is 5.92 Å². The number of carbonyl (C=O) groups excluding carboxylic acids is 1. The predicted octanol–water partition coefficient (Wildman–Crippen LogP) is 2.44. The first-order valence-corrected chi connectivity index (χ1v) is 8.36. The monoisotopic (exact) mass is 318 g/mol. The van der Waals surface area contributed by atoms with E-state index in [1.54, 1.807) is 0 Å². The van der Waals surface area contributed by atoms with Gasteiger partial charge in [-0.1, -0.05) is 50.6 Å². The van der Waals surface area contributed by atoms with Gasteiger partial charge in [0.1, 0.15) is 12.1 Å². The highest BCUT2D eigenvalue weighted by atomic mass is 16.4. The summed E-state index contributed by atoms with van der Waals surface area (Å²) in [5, 5.41) is 12.2. The molecular formula is C18H26N2O3. The van der Waals surface area contributed by atoms with E-state index in [4.69, 9.17) is 0 Å². The average Bonchev–Trinajstić information content (AvgIpc) is 3.07. The van der Waals surface area contributed by atoms with Crippen LogP contribution >= 0.6 is 0 Å². The van der Waals surface area contributed by atoms with Crippen LogP contribution in [0.2, 0.25) is 0 Å². The summed E-state index contributed by atoms with van der Waals surface area (Å²) in [5.41, 5.74) is 0.917. The minimum Gasteiger partial charge on any atom is -0.480 e. The first kappa shape index (κ1) is 17.5. The van der Waals surface area contributed by atoms with Gasteiger partial charge in [-0.2, -0.15) is 0 Å². The predicted molar refractivity (Wildman–Crippen MR) is 89.0 cm³/mol. The molecule has 0 aromatic heterocycles. The number of hydrogen-bond donors (Lipinski definition) is 2. The molecule has 1 aliphatic rings. The van der Waals surface area contributed by atoms with Gasteiger partial charge in [-0.05, 0) is 37.4 Å². The molecule has 1 fully saturated rings. The Balaban J connectivity index is 2.21. The van der Waals surface area contributed by atoms with Crippen LogP contribution < -0.4 is 5.32 Å². The van der Waals surface area contributed by atoms with Crippen LogP contribution in [0.5, 0.6) is 0 Å². The fraction of sp³-hybridized carbons (Fsp3) is 0.556. The van der Waals surface area contributed by atoms with Crippen molar-refractivity contribution in [1.29, 1.82) is 0 Å². The lowest BCUT2D eigenvalue weighted by Gasteiger charge is -2.29. The van der Waals surface area contributed by atoms with Crippen molar-refractivity contribution >= 4 is 11.9 Å². The maximum Gasteiger partial charge on any atom is 0.326 e. The van der Waals surface area contributed by atoms with E-state index in [-0.39, 0.29) is 11.8 Å². The number of hydrogen-bond acceptors (Lipinski definition) is 3. The lowest BCUT2D eigenvalue weighted by molar-refractivity contribution is -0.144. The van der Waals surface area contributed by atoms with E-state index in [0.717, 1.165) is 31.5 Å². The highest BCUT2D eigenvalue weighted by molar-refractivity contribution is 5.88.